The molecule has 0 saturated carbocycles. The van der Waals surface area contributed by atoms with Crippen LogP contribution in [0.2, 0.25) is 0 Å². The molecule has 3 rings (SSSR count). The molecule has 3 aromatic rings. The van der Waals surface area contributed by atoms with Gasteiger partial charge in [0.15, 0.2) is 0 Å². The third-order valence-electron chi connectivity index (χ3n) is 6.20. The molecule has 0 heterocycles. The Morgan fingerprint density at radius 3 is 2.20 bits per heavy atom. The van der Waals surface area contributed by atoms with E-state index in [1.807, 2.05) is 37.3 Å². The number of para-hydroxylation sites is 2. The zero-order chi connectivity index (χ0) is 29.1. The zero-order valence-electron chi connectivity index (χ0n) is 23.0. The highest BCUT2D eigenvalue weighted by Crippen LogP contribution is 2.30. The summed E-state index contributed by atoms with van der Waals surface area (Å²) in [7, 11) is -3.93. The minimum absolute atomic E-state index is 0.0269. The molecular formula is C30H36FN3O5S. The molecule has 2 amide bonds. The van der Waals surface area contributed by atoms with Crippen molar-refractivity contribution in [2.45, 2.75) is 39.3 Å². The van der Waals surface area contributed by atoms with E-state index in [2.05, 4.69) is 5.32 Å². The smallest absolute Gasteiger partial charge is 0.244 e. The van der Waals surface area contributed by atoms with Gasteiger partial charge in [0.2, 0.25) is 21.8 Å². The number of halogens is 1. The van der Waals surface area contributed by atoms with Crippen molar-refractivity contribution in [3.63, 3.8) is 0 Å². The first-order valence-electron chi connectivity index (χ1n) is 13.2. The Kier molecular flexibility index (Phi) is 11.1. The van der Waals surface area contributed by atoms with Crippen LogP contribution in [0.3, 0.4) is 0 Å². The van der Waals surface area contributed by atoms with Crippen LogP contribution in [-0.2, 0) is 32.6 Å². The van der Waals surface area contributed by atoms with Gasteiger partial charge >= 0.3 is 0 Å². The van der Waals surface area contributed by atoms with E-state index in [0.717, 1.165) is 16.1 Å². The number of anilines is 1. The largest absolute Gasteiger partial charge is 0.492 e. The number of carbonyl (C=O) groups is 2. The molecule has 40 heavy (non-hydrogen) atoms. The van der Waals surface area contributed by atoms with Crippen LogP contribution >= 0.6 is 0 Å². The van der Waals surface area contributed by atoms with Gasteiger partial charge in [0, 0.05) is 19.5 Å². The maximum atomic E-state index is 14.0. The summed E-state index contributed by atoms with van der Waals surface area (Å²) in [5, 5.41) is 2.88. The average Bonchev–Trinajstić information content (AvgIpc) is 2.93. The number of benzene rings is 3. The fourth-order valence-electron chi connectivity index (χ4n) is 4.24. The van der Waals surface area contributed by atoms with E-state index in [1.54, 1.807) is 31.2 Å². The van der Waals surface area contributed by atoms with Gasteiger partial charge < -0.3 is 15.0 Å². The van der Waals surface area contributed by atoms with Gasteiger partial charge in [0.1, 0.15) is 24.2 Å². The van der Waals surface area contributed by atoms with Gasteiger partial charge in [-0.25, -0.2) is 12.8 Å². The Morgan fingerprint density at radius 2 is 1.57 bits per heavy atom. The maximum absolute atomic E-state index is 14.0. The number of nitrogens with zero attached hydrogens (tertiary/aromatic N) is 2. The molecule has 0 unspecified atom stereocenters. The highest BCUT2D eigenvalue weighted by molar-refractivity contribution is 7.92. The zero-order valence-corrected chi connectivity index (χ0v) is 23.9. The molecule has 0 bridgehead atoms. The van der Waals surface area contributed by atoms with Crippen molar-refractivity contribution < 1.29 is 27.1 Å². The first-order chi connectivity index (χ1) is 19.1. The predicted molar refractivity (Wildman–Crippen MR) is 154 cm³/mol. The van der Waals surface area contributed by atoms with Crippen molar-refractivity contribution >= 4 is 27.5 Å². The van der Waals surface area contributed by atoms with E-state index in [0.29, 0.717) is 30.9 Å². The number of nitrogens with one attached hydrogen (secondary N) is 1. The Morgan fingerprint density at radius 1 is 0.925 bits per heavy atom. The van der Waals surface area contributed by atoms with E-state index < -0.39 is 34.3 Å². The Hall–Kier alpha value is -3.92. The third kappa shape index (κ3) is 8.54. The van der Waals surface area contributed by atoms with Gasteiger partial charge in [-0.05, 0) is 48.7 Å². The predicted octanol–water partition coefficient (Wildman–Crippen LogP) is 4.16. The lowest BCUT2D eigenvalue weighted by Gasteiger charge is -2.33. The van der Waals surface area contributed by atoms with Crippen LogP contribution < -0.4 is 14.4 Å². The summed E-state index contributed by atoms with van der Waals surface area (Å²) < 4.78 is 46.2. The number of hydrogen-bond donors (Lipinski definition) is 1. The van der Waals surface area contributed by atoms with Crippen molar-refractivity contribution in [1.82, 2.24) is 10.2 Å². The highest BCUT2D eigenvalue weighted by Gasteiger charge is 2.33. The van der Waals surface area contributed by atoms with Gasteiger partial charge in [-0.2, -0.15) is 0 Å². The van der Waals surface area contributed by atoms with Crippen molar-refractivity contribution in [2.75, 3.05) is 30.3 Å². The molecule has 0 aliphatic heterocycles. The van der Waals surface area contributed by atoms with E-state index in [-0.39, 0.29) is 24.6 Å². The Bertz CT molecular complexity index is 1370. The molecule has 0 radical (unpaired) electrons. The van der Waals surface area contributed by atoms with Crippen molar-refractivity contribution in [3.8, 4) is 5.75 Å². The molecule has 0 saturated heterocycles. The average molecular weight is 570 g/mol. The lowest BCUT2D eigenvalue weighted by atomic mass is 10.0. The normalized spacial score (nSPS) is 11.9. The van der Waals surface area contributed by atoms with Crippen molar-refractivity contribution in [3.05, 3.63) is 95.8 Å². The van der Waals surface area contributed by atoms with Crippen LogP contribution in [0.4, 0.5) is 10.1 Å². The molecule has 8 nitrogen and oxygen atoms in total. The SMILES string of the molecule is CCCNC(=O)[C@H](Cc1ccccc1)N(Cc1ccc(F)cc1)C(=O)CN(c1ccccc1OCC)S(C)(=O)=O. The van der Waals surface area contributed by atoms with Crippen molar-refractivity contribution in [1.29, 1.82) is 0 Å². The molecule has 214 valence electrons. The molecule has 0 spiro atoms. The topological polar surface area (TPSA) is 96.0 Å². The monoisotopic (exact) mass is 569 g/mol. The summed E-state index contributed by atoms with van der Waals surface area (Å²) in [5.41, 5.74) is 1.64. The fraction of sp³-hybridized carbons (Fsp3) is 0.333. The van der Waals surface area contributed by atoms with Gasteiger partial charge in [-0.1, -0.05) is 61.5 Å². The molecule has 0 aliphatic rings. The minimum Gasteiger partial charge on any atom is -0.492 e. The van der Waals surface area contributed by atoms with E-state index in [1.165, 1.54) is 29.2 Å². The van der Waals surface area contributed by atoms with E-state index >= 15 is 0 Å². The number of rotatable bonds is 14. The first kappa shape index (κ1) is 30.6. The highest BCUT2D eigenvalue weighted by atomic mass is 32.2. The summed E-state index contributed by atoms with van der Waals surface area (Å²) in [6.45, 7) is 3.83. The molecule has 0 fully saturated rings. The molecule has 0 aliphatic carbocycles. The number of ether oxygens (including phenoxy) is 1. The summed E-state index contributed by atoms with van der Waals surface area (Å²) in [6.07, 6.45) is 1.92. The van der Waals surface area contributed by atoms with Crippen molar-refractivity contribution in [2.24, 2.45) is 0 Å². The van der Waals surface area contributed by atoms with Crippen LogP contribution in [0.25, 0.3) is 0 Å². The molecule has 0 aromatic heterocycles. The second-order valence-electron chi connectivity index (χ2n) is 9.32. The summed E-state index contributed by atoms with van der Waals surface area (Å²) in [5.74, 6) is -1.07. The Labute approximate surface area is 235 Å². The second-order valence-corrected chi connectivity index (χ2v) is 11.2. The molecule has 3 aromatic carbocycles. The molecule has 1 N–H and O–H groups in total. The molecule has 10 heteroatoms. The van der Waals surface area contributed by atoms with Gasteiger partial charge in [0.25, 0.3) is 0 Å². The van der Waals surface area contributed by atoms with E-state index in [4.69, 9.17) is 4.74 Å². The van der Waals surface area contributed by atoms with Gasteiger partial charge in [-0.3, -0.25) is 13.9 Å². The lowest BCUT2D eigenvalue weighted by Crippen LogP contribution is -2.53. The van der Waals surface area contributed by atoms with Gasteiger partial charge in [0.05, 0.1) is 18.6 Å². The summed E-state index contributed by atoms with van der Waals surface area (Å²) >= 11 is 0. The quantitative estimate of drug-likeness (QED) is 0.315. The third-order valence-corrected chi connectivity index (χ3v) is 7.33. The summed E-state index contributed by atoms with van der Waals surface area (Å²) in [4.78, 5) is 28.9. The maximum Gasteiger partial charge on any atom is 0.244 e. The number of sulfonamides is 1. The number of carbonyl (C=O) groups excluding carboxylic acids is 2. The first-order valence-corrected chi connectivity index (χ1v) is 15.0. The molecule has 1 atom stereocenters. The fourth-order valence-corrected chi connectivity index (χ4v) is 5.10. The number of amides is 2. The molecular weight excluding hydrogens is 533 g/mol. The van der Waals surface area contributed by atoms with Crippen LogP contribution in [0.15, 0.2) is 78.9 Å². The summed E-state index contributed by atoms with van der Waals surface area (Å²) in [6, 6.07) is 20.5. The lowest BCUT2D eigenvalue weighted by molar-refractivity contribution is -0.140. The van der Waals surface area contributed by atoms with Crippen LogP contribution in [0, 0.1) is 5.82 Å². The van der Waals surface area contributed by atoms with Crippen LogP contribution in [-0.4, -0.2) is 57.1 Å². The Balaban J connectivity index is 2.06. The second kappa shape index (κ2) is 14.5. The minimum atomic E-state index is -3.93. The van der Waals surface area contributed by atoms with E-state index in [9.17, 15) is 22.4 Å². The van der Waals surface area contributed by atoms with Crippen LogP contribution in [0.1, 0.15) is 31.4 Å². The van der Waals surface area contributed by atoms with Crippen LogP contribution in [0.5, 0.6) is 5.75 Å². The number of hydrogen-bond acceptors (Lipinski definition) is 5. The standard InChI is InChI=1S/C30H36FN3O5S/c1-4-19-32-30(36)27(20-23-11-7-6-8-12-23)33(21-24-15-17-25(31)18-16-24)29(35)22-34(40(3,37)38)26-13-9-10-14-28(26)39-5-2/h6-18,27H,4-5,19-22H2,1-3H3,(H,32,36)/t27-/m0/s1. The van der Waals surface area contributed by atoms with Gasteiger partial charge in [-0.15, -0.1) is 0 Å².